The Bertz CT molecular complexity index is 634. The fraction of sp³-hybridized carbons (Fsp3) is 0.250. The Labute approximate surface area is 127 Å². The average Bonchev–Trinajstić information content (AvgIpc) is 2.42. The van der Waals surface area contributed by atoms with Crippen molar-refractivity contribution >= 4 is 27.3 Å². The maximum absolute atomic E-state index is 10.0. The second kappa shape index (κ2) is 6.18. The average molecular weight is 333 g/mol. The van der Waals surface area contributed by atoms with E-state index in [9.17, 15) is 5.11 Å². The van der Waals surface area contributed by atoms with Crippen LogP contribution in [0.2, 0.25) is 0 Å². The van der Waals surface area contributed by atoms with E-state index in [1.807, 2.05) is 43.3 Å². The molecule has 3 nitrogen and oxygen atoms in total. The summed E-state index contributed by atoms with van der Waals surface area (Å²) in [5.74, 6) is 0.477. The van der Waals surface area contributed by atoms with Crippen molar-refractivity contribution in [2.75, 3.05) is 0 Å². The number of rotatable bonds is 3. The lowest BCUT2D eigenvalue weighted by molar-refractivity contribution is 0.472. The van der Waals surface area contributed by atoms with E-state index in [0.717, 1.165) is 11.3 Å². The normalized spacial score (nSPS) is 11.4. The molecule has 0 unspecified atom stereocenters. The predicted octanol–water partition coefficient (Wildman–Crippen LogP) is 6.00. The van der Waals surface area contributed by atoms with Gasteiger partial charge in [0, 0.05) is 0 Å². The summed E-state index contributed by atoms with van der Waals surface area (Å²) in [6.45, 7) is 6.22. The van der Waals surface area contributed by atoms with Crippen LogP contribution in [0, 0.1) is 6.92 Å². The van der Waals surface area contributed by atoms with Crippen molar-refractivity contribution in [2.45, 2.75) is 26.7 Å². The lowest BCUT2D eigenvalue weighted by Crippen LogP contribution is -1.87. The lowest BCUT2D eigenvalue weighted by Gasteiger charge is -2.09. The molecule has 0 aliphatic rings. The number of aromatic hydroxyl groups is 1. The van der Waals surface area contributed by atoms with E-state index >= 15 is 0 Å². The number of halogens is 1. The molecule has 0 atom stereocenters. The second-order valence-corrected chi connectivity index (χ2v) is 5.92. The van der Waals surface area contributed by atoms with Gasteiger partial charge in [0.1, 0.15) is 5.69 Å². The summed E-state index contributed by atoms with van der Waals surface area (Å²) in [4.78, 5) is 0. The second-order valence-electron chi connectivity index (χ2n) is 5.06. The third-order valence-electron chi connectivity index (χ3n) is 3.04. The summed E-state index contributed by atoms with van der Waals surface area (Å²) < 4.78 is 0.640. The van der Waals surface area contributed by atoms with E-state index in [1.165, 1.54) is 5.56 Å². The third kappa shape index (κ3) is 3.45. The van der Waals surface area contributed by atoms with Gasteiger partial charge >= 0.3 is 0 Å². The minimum Gasteiger partial charge on any atom is -0.505 e. The zero-order chi connectivity index (χ0) is 14.7. The van der Waals surface area contributed by atoms with Crippen molar-refractivity contribution in [1.82, 2.24) is 0 Å². The van der Waals surface area contributed by atoms with Gasteiger partial charge in [-0.25, -0.2) is 0 Å². The molecule has 2 rings (SSSR count). The lowest BCUT2D eigenvalue weighted by atomic mass is 10.0. The van der Waals surface area contributed by atoms with Crippen molar-refractivity contribution in [3.05, 3.63) is 52.0 Å². The first-order chi connectivity index (χ1) is 9.47. The fourth-order valence-electron chi connectivity index (χ4n) is 1.74. The number of hydrogen-bond acceptors (Lipinski definition) is 3. The van der Waals surface area contributed by atoms with Crippen molar-refractivity contribution in [3.8, 4) is 5.75 Å². The van der Waals surface area contributed by atoms with Crippen LogP contribution >= 0.6 is 15.9 Å². The monoisotopic (exact) mass is 332 g/mol. The highest BCUT2D eigenvalue weighted by Gasteiger charge is 2.10. The van der Waals surface area contributed by atoms with E-state index in [0.29, 0.717) is 16.1 Å². The van der Waals surface area contributed by atoms with E-state index in [1.54, 1.807) is 0 Å². The molecular weight excluding hydrogens is 316 g/mol. The predicted molar refractivity (Wildman–Crippen MR) is 85.3 cm³/mol. The molecule has 20 heavy (non-hydrogen) atoms. The molecule has 0 fully saturated rings. The molecule has 2 aromatic carbocycles. The number of aryl methyl sites for hydroxylation is 1. The molecular formula is C16H17BrN2O. The van der Waals surface area contributed by atoms with Gasteiger partial charge < -0.3 is 5.11 Å². The van der Waals surface area contributed by atoms with Crippen LogP contribution in [0.4, 0.5) is 11.4 Å². The smallest absolute Gasteiger partial charge is 0.157 e. The van der Waals surface area contributed by atoms with Crippen LogP contribution in [0.1, 0.15) is 30.9 Å². The number of hydrogen-bond donors (Lipinski definition) is 1. The standard InChI is InChI=1S/C16H17BrN2O/c1-10(2)12-8-14(17)16(20)15(9-12)19-18-13-6-4-11(3)5-7-13/h4-10,20H,1-3H3. The highest BCUT2D eigenvalue weighted by Crippen LogP contribution is 2.38. The quantitative estimate of drug-likeness (QED) is 0.688. The summed E-state index contributed by atoms with van der Waals surface area (Å²) in [5.41, 5.74) is 3.52. The molecule has 104 valence electrons. The summed E-state index contributed by atoms with van der Waals surface area (Å²) in [5, 5.41) is 18.3. The summed E-state index contributed by atoms with van der Waals surface area (Å²) in [6, 6.07) is 11.5. The topological polar surface area (TPSA) is 45.0 Å². The first-order valence-electron chi connectivity index (χ1n) is 6.48. The number of benzene rings is 2. The van der Waals surface area contributed by atoms with E-state index < -0.39 is 0 Å². The number of phenolic OH excluding ortho intramolecular Hbond substituents is 1. The van der Waals surface area contributed by atoms with Gasteiger partial charge in [-0.1, -0.05) is 31.5 Å². The highest BCUT2D eigenvalue weighted by molar-refractivity contribution is 9.10. The molecule has 2 aromatic rings. The van der Waals surface area contributed by atoms with Gasteiger partial charge in [-0.05, 0) is 58.6 Å². The third-order valence-corrected chi connectivity index (χ3v) is 3.64. The summed E-state index contributed by atoms with van der Waals surface area (Å²) in [6.07, 6.45) is 0. The molecule has 0 aliphatic heterocycles. The Balaban J connectivity index is 2.35. The van der Waals surface area contributed by atoms with Crippen molar-refractivity contribution in [2.24, 2.45) is 10.2 Å². The molecule has 0 amide bonds. The first-order valence-corrected chi connectivity index (χ1v) is 7.27. The molecule has 0 aliphatic carbocycles. The molecule has 1 N–H and O–H groups in total. The van der Waals surface area contributed by atoms with E-state index in [4.69, 9.17) is 0 Å². The molecule has 0 bridgehead atoms. The van der Waals surface area contributed by atoms with Gasteiger partial charge in [0.25, 0.3) is 0 Å². The summed E-state index contributed by atoms with van der Waals surface area (Å²) in [7, 11) is 0. The van der Waals surface area contributed by atoms with Crippen molar-refractivity contribution in [3.63, 3.8) is 0 Å². The summed E-state index contributed by atoms with van der Waals surface area (Å²) >= 11 is 3.35. The van der Waals surface area contributed by atoms with Crippen LogP contribution in [-0.2, 0) is 0 Å². The van der Waals surface area contributed by atoms with Gasteiger partial charge in [0.2, 0.25) is 0 Å². The maximum Gasteiger partial charge on any atom is 0.157 e. The van der Waals surface area contributed by atoms with Gasteiger partial charge in [-0.15, -0.1) is 5.11 Å². The molecule has 0 aromatic heterocycles. The fourth-order valence-corrected chi connectivity index (χ4v) is 2.20. The highest BCUT2D eigenvalue weighted by atomic mass is 79.9. The van der Waals surface area contributed by atoms with Gasteiger partial charge in [0.15, 0.2) is 5.75 Å². The van der Waals surface area contributed by atoms with E-state index in [2.05, 4.69) is 40.0 Å². The molecule has 0 heterocycles. The zero-order valence-corrected chi connectivity index (χ0v) is 13.3. The van der Waals surface area contributed by atoms with Crippen molar-refractivity contribution < 1.29 is 5.11 Å². The molecule has 0 spiro atoms. The van der Waals surface area contributed by atoms with Crippen LogP contribution in [0.25, 0.3) is 0 Å². The Hall–Kier alpha value is -1.68. The Morgan fingerprint density at radius 3 is 2.30 bits per heavy atom. The van der Waals surface area contributed by atoms with E-state index in [-0.39, 0.29) is 5.75 Å². The van der Waals surface area contributed by atoms with Crippen LogP contribution in [-0.4, -0.2) is 5.11 Å². The minimum absolute atomic E-state index is 0.116. The number of phenols is 1. The Kier molecular flexibility index (Phi) is 4.55. The molecule has 0 radical (unpaired) electrons. The van der Waals surface area contributed by atoms with Crippen molar-refractivity contribution in [1.29, 1.82) is 0 Å². The number of azo groups is 1. The van der Waals surface area contributed by atoms with Crippen LogP contribution in [0.15, 0.2) is 51.1 Å². The SMILES string of the molecule is Cc1ccc(N=Nc2cc(C(C)C)cc(Br)c2O)cc1. The Morgan fingerprint density at radius 2 is 1.70 bits per heavy atom. The number of nitrogens with zero attached hydrogens (tertiary/aromatic N) is 2. The molecule has 0 saturated heterocycles. The molecule has 4 heteroatoms. The minimum atomic E-state index is 0.116. The zero-order valence-electron chi connectivity index (χ0n) is 11.8. The van der Waals surface area contributed by atoms with Gasteiger partial charge in [-0.2, -0.15) is 5.11 Å². The maximum atomic E-state index is 10.0. The first kappa shape index (κ1) is 14.7. The van der Waals surface area contributed by atoms with Crippen LogP contribution < -0.4 is 0 Å². The molecule has 0 saturated carbocycles. The van der Waals surface area contributed by atoms with Gasteiger partial charge in [0.05, 0.1) is 10.2 Å². The van der Waals surface area contributed by atoms with Gasteiger partial charge in [-0.3, -0.25) is 0 Å². The van der Waals surface area contributed by atoms with Crippen LogP contribution in [0.3, 0.4) is 0 Å². The van der Waals surface area contributed by atoms with Crippen LogP contribution in [0.5, 0.6) is 5.75 Å². The Morgan fingerprint density at radius 1 is 1.05 bits per heavy atom. The largest absolute Gasteiger partial charge is 0.505 e.